The highest BCUT2D eigenvalue weighted by Crippen LogP contribution is 2.41. The van der Waals surface area contributed by atoms with Crippen LogP contribution in [0.15, 0.2) is 61.4 Å². The molecule has 8 nitrogen and oxygen atoms in total. The Balaban J connectivity index is -0.00000116. The van der Waals surface area contributed by atoms with Crippen LogP contribution in [0.1, 0.15) is 324 Å². The van der Waals surface area contributed by atoms with Gasteiger partial charge in [0.15, 0.2) is 5.65 Å². The first-order valence-corrected chi connectivity index (χ1v) is 40.3. The average Bonchev–Trinajstić information content (AvgIpc) is 1.67. The summed E-state index contributed by atoms with van der Waals surface area (Å²) in [5, 5.41) is 14.5. The molecule has 0 N–H and O–H groups in total. The normalized spacial score (nSPS) is 13.4. The zero-order valence-corrected chi connectivity index (χ0v) is 64.3. The van der Waals surface area contributed by atoms with Crippen molar-refractivity contribution in [1.29, 1.82) is 0 Å². The third-order valence-corrected chi connectivity index (χ3v) is 16.2. The molecule has 5 aromatic rings. The maximum absolute atomic E-state index is 13.1. The summed E-state index contributed by atoms with van der Waals surface area (Å²) in [5.41, 5.74) is 4.85. The number of rotatable bonds is 33. The number of hydrogen-bond donors (Lipinski definition) is 0. The maximum Gasteiger partial charge on any atom is 0.226 e. The van der Waals surface area contributed by atoms with E-state index in [0.29, 0.717) is 17.7 Å². The van der Waals surface area contributed by atoms with Gasteiger partial charge in [-0.05, 0) is 138 Å². The molecule has 3 aromatic heterocycles. The van der Waals surface area contributed by atoms with Gasteiger partial charge in [-0.25, -0.2) is 17.9 Å². The van der Waals surface area contributed by atoms with Crippen molar-refractivity contribution in [2.45, 2.75) is 328 Å². The van der Waals surface area contributed by atoms with Crippen molar-refractivity contribution in [1.82, 2.24) is 34.7 Å². The van der Waals surface area contributed by atoms with Crippen LogP contribution in [-0.2, 0) is 25.9 Å². The fourth-order valence-electron chi connectivity index (χ4n) is 10.0. The lowest BCUT2D eigenvalue weighted by Gasteiger charge is -2.24. The van der Waals surface area contributed by atoms with Crippen molar-refractivity contribution < 1.29 is 13.2 Å². The molecule has 2 fully saturated rings. The van der Waals surface area contributed by atoms with Crippen molar-refractivity contribution in [3.63, 3.8) is 0 Å². The van der Waals surface area contributed by atoms with E-state index in [9.17, 15) is 13.2 Å². The molecule has 0 saturated heterocycles. The number of unbranched alkanes of at least 4 members (excludes halogenated alkanes) is 17. The van der Waals surface area contributed by atoms with Gasteiger partial charge in [0.05, 0.1) is 23.3 Å². The van der Waals surface area contributed by atoms with Crippen molar-refractivity contribution in [3.05, 3.63) is 107 Å². The summed E-state index contributed by atoms with van der Waals surface area (Å²) in [6, 6.07) is 11.1. The zero-order chi connectivity index (χ0) is 68.9. The number of halogens is 4. The molecule has 2 aromatic carbocycles. The summed E-state index contributed by atoms with van der Waals surface area (Å²) in [7, 11) is 2.22. The Morgan fingerprint density at radius 3 is 1.66 bits per heavy atom. The van der Waals surface area contributed by atoms with E-state index in [1.54, 1.807) is 6.08 Å². The first-order chi connectivity index (χ1) is 44.3. The molecule has 2 aliphatic rings. The van der Waals surface area contributed by atoms with Gasteiger partial charge in [-0.3, -0.25) is 4.68 Å². The summed E-state index contributed by atoms with van der Waals surface area (Å²) >= 11 is 6.51. The molecule has 0 aliphatic heterocycles. The molecule has 3 heterocycles. The van der Waals surface area contributed by atoms with Crippen molar-refractivity contribution in [3.8, 4) is 0 Å². The molecular formula is C77H138ClF3N8P2. The SMILES string of the molecule is C=CC.C=PC.CC.CC.CC.CCCC.CCCCCCC.CCCCCCCCCCCc1cn(CCC)nn1.CCCCCCc1c(F)cc(F)cc1F.CCCCN(Cc1ccc(C2CC2)cc1)c1nc(Cl)nc2c1cnn2C1CCC(CCPC)C1. The Labute approximate surface area is 567 Å². The smallest absolute Gasteiger partial charge is 0.226 e. The summed E-state index contributed by atoms with van der Waals surface area (Å²) < 4.78 is 43.0. The summed E-state index contributed by atoms with van der Waals surface area (Å²) in [6.45, 7) is 41.9. The van der Waals surface area contributed by atoms with Crippen molar-refractivity contribution >= 4 is 51.5 Å². The number of aryl methyl sites for hydroxylation is 2. The van der Waals surface area contributed by atoms with Crippen LogP contribution < -0.4 is 4.90 Å². The van der Waals surface area contributed by atoms with E-state index in [-0.39, 0.29) is 5.56 Å². The molecular weight excluding hydrogens is 1190 g/mol. The van der Waals surface area contributed by atoms with Crippen LogP contribution in [0.25, 0.3) is 11.0 Å². The van der Waals surface area contributed by atoms with Gasteiger partial charge >= 0.3 is 0 Å². The van der Waals surface area contributed by atoms with E-state index in [4.69, 9.17) is 21.7 Å². The second-order valence-electron chi connectivity index (χ2n) is 23.2. The maximum atomic E-state index is 13.1. The van der Waals surface area contributed by atoms with Gasteiger partial charge < -0.3 is 4.90 Å². The molecule has 0 radical (unpaired) electrons. The minimum absolute atomic E-state index is 0.00695. The molecule has 2 aliphatic carbocycles. The van der Waals surface area contributed by atoms with Gasteiger partial charge in [0, 0.05) is 43.5 Å². The summed E-state index contributed by atoms with van der Waals surface area (Å²) in [4.78, 5) is 11.8. The van der Waals surface area contributed by atoms with Crippen LogP contribution in [0.5, 0.6) is 0 Å². The molecule has 14 heteroatoms. The summed E-state index contributed by atoms with van der Waals surface area (Å²) in [6.07, 6.45) is 49.1. The van der Waals surface area contributed by atoms with Crippen molar-refractivity contribution in [2.24, 2.45) is 5.92 Å². The lowest BCUT2D eigenvalue weighted by atomic mass is 10.1. The molecule has 0 amide bonds. The van der Waals surface area contributed by atoms with Gasteiger partial charge in [0.25, 0.3) is 0 Å². The van der Waals surface area contributed by atoms with Crippen molar-refractivity contribution in [2.75, 3.05) is 30.9 Å². The van der Waals surface area contributed by atoms with E-state index in [1.165, 1.54) is 167 Å². The Kier molecular flexibility index (Phi) is 65.4. The molecule has 0 bridgehead atoms. The third-order valence-electron chi connectivity index (χ3n) is 15.2. The lowest BCUT2D eigenvalue weighted by molar-refractivity contribution is 0.445. The molecule has 7 rings (SSSR count). The minimum Gasteiger partial charge on any atom is -0.352 e. The number of allylic oxidation sites excluding steroid dienone is 1. The number of aromatic nitrogens is 7. The fourth-order valence-corrected chi connectivity index (χ4v) is 10.9. The number of nitrogens with zero attached hydrogens (tertiary/aromatic N) is 8. The van der Waals surface area contributed by atoms with Gasteiger partial charge in [0.1, 0.15) is 23.3 Å². The van der Waals surface area contributed by atoms with Crippen LogP contribution in [-0.4, -0.2) is 67.1 Å². The molecule has 2 saturated carbocycles. The highest BCUT2D eigenvalue weighted by molar-refractivity contribution is 7.36. The van der Waals surface area contributed by atoms with Crippen LogP contribution in [0.2, 0.25) is 5.28 Å². The molecule has 3 atom stereocenters. The lowest BCUT2D eigenvalue weighted by Crippen LogP contribution is -2.25. The predicted molar refractivity (Wildman–Crippen MR) is 405 cm³/mol. The highest BCUT2D eigenvalue weighted by Gasteiger charge is 2.29. The minimum atomic E-state index is -0.859. The van der Waals surface area contributed by atoms with E-state index in [0.717, 1.165) is 126 Å². The quantitative estimate of drug-likeness (QED) is 0.0180. The van der Waals surface area contributed by atoms with E-state index in [2.05, 4.69) is 130 Å². The molecule has 91 heavy (non-hydrogen) atoms. The standard InChI is InChI=1S/C27H37ClN5P.C16H31N3.C12H15F3.C7H16.C4H10.C3H6.C2H5P.3C2H6/c1-3-4-14-32(18-20-5-8-21(9-6-20)22-10-11-22)25-24-17-29-33(26(24)31-27(28)30-25)23-12-7-19(16-23)13-15-34-2;1-3-5-6-7-8-9-10-11-12-13-16-15-19(14-4-2)18-17-16;1-2-3-4-5-6-10-11(14)7-9(13)8-12(10)15;1-3-5-7-6-4-2;1-3-4-2;2*1-3-2;3*1-2/h5-6,8-9,17,19,22-23,34H,3-4,7,10-16,18H2,1-2H3;15H,3-14H2,1-2H3;7-8H,2-6H2,1H3;3-7H2,1-2H3;3-4H2,1-2H3;3H,1H2,2H3;1H2,2H3;3*1-2H3. The van der Waals surface area contributed by atoms with Crippen LogP contribution >= 0.6 is 28.4 Å². The van der Waals surface area contributed by atoms with E-state index >= 15 is 0 Å². The second-order valence-corrected chi connectivity index (χ2v) is 25.3. The zero-order valence-electron chi connectivity index (χ0n) is 61.6. The van der Waals surface area contributed by atoms with E-state index in [1.807, 2.05) is 66.0 Å². The number of fused-ring (bicyclic) bond motifs is 1. The Morgan fingerprint density at radius 2 is 1.16 bits per heavy atom. The number of benzene rings is 2. The predicted octanol–water partition coefficient (Wildman–Crippen LogP) is 26.2. The molecule has 524 valence electrons. The third kappa shape index (κ3) is 44.6. The fraction of sp³-hybridized carbons (Fsp3) is 0.714. The monoisotopic (exact) mass is 1330 g/mol. The van der Waals surface area contributed by atoms with Crippen LogP contribution in [0, 0.1) is 23.4 Å². The Morgan fingerprint density at radius 1 is 0.670 bits per heavy atom. The van der Waals surface area contributed by atoms with E-state index < -0.39 is 17.5 Å². The average molecular weight is 1330 g/mol. The Bertz CT molecular complexity index is 2360. The largest absolute Gasteiger partial charge is 0.352 e. The second kappa shape index (κ2) is 65.0. The van der Waals surface area contributed by atoms with Gasteiger partial charge in [-0.1, -0.05) is 261 Å². The topological polar surface area (TPSA) is 77.6 Å². The van der Waals surface area contributed by atoms with Gasteiger partial charge in [0.2, 0.25) is 5.28 Å². The Hall–Kier alpha value is -3.65. The first-order valence-electron chi connectivity index (χ1n) is 36.7. The highest BCUT2D eigenvalue weighted by atomic mass is 35.5. The molecule has 3 unspecified atom stereocenters. The van der Waals surface area contributed by atoms with Crippen LogP contribution in [0.4, 0.5) is 19.0 Å². The van der Waals surface area contributed by atoms with Crippen LogP contribution in [0.3, 0.4) is 0 Å². The first kappa shape index (κ1) is 91.5. The summed E-state index contributed by atoms with van der Waals surface area (Å²) in [5.74, 6) is 0.111. The van der Waals surface area contributed by atoms with Gasteiger partial charge in [-0.2, -0.15) is 15.1 Å². The number of hydrogen-bond acceptors (Lipinski definition) is 6. The number of anilines is 1. The molecule has 0 spiro atoms. The van der Waals surface area contributed by atoms with Gasteiger partial charge in [-0.15, -0.1) is 28.5 Å².